The lowest BCUT2D eigenvalue weighted by Gasteiger charge is -2.21. The summed E-state index contributed by atoms with van der Waals surface area (Å²) in [5, 5.41) is 10.7. The van der Waals surface area contributed by atoms with E-state index in [4.69, 9.17) is 37.0 Å². The number of hydrogen-bond donors (Lipinski definition) is 3. The van der Waals surface area contributed by atoms with Crippen LogP contribution >= 0.6 is 15.6 Å². The molecule has 0 amide bonds. The number of carbonyl (C=O) groups is 4. The van der Waals surface area contributed by atoms with E-state index in [-0.39, 0.29) is 25.7 Å². The molecule has 0 aliphatic carbocycles. The van der Waals surface area contributed by atoms with Gasteiger partial charge in [0.1, 0.15) is 19.3 Å². The average Bonchev–Trinajstić information content (AvgIpc) is 0.899. The van der Waals surface area contributed by atoms with Crippen molar-refractivity contribution in [3.63, 3.8) is 0 Å². The molecule has 17 nitrogen and oxygen atoms in total. The molecule has 3 unspecified atom stereocenters. The first-order chi connectivity index (χ1) is 51.9. The molecule has 0 aromatic carbocycles. The minimum Gasteiger partial charge on any atom is -0.462 e. The fraction of sp³-hybridized carbons (Fsp3) is 0.955. The minimum absolute atomic E-state index is 0.108. The predicted octanol–water partition coefficient (Wildman–Crippen LogP) is 27.0. The quantitative estimate of drug-likeness (QED) is 0.0222. The van der Waals surface area contributed by atoms with Gasteiger partial charge in [-0.05, 0) is 37.5 Å². The molecule has 0 radical (unpaired) electrons. The maximum atomic E-state index is 13.2. The largest absolute Gasteiger partial charge is 0.472 e. The standard InChI is InChI=1S/C88H172O17P2/c1-7-10-12-14-16-18-20-22-24-25-26-27-28-29-30-31-37-41-49-55-61-67-73-88(93)104-83(76-98-85(90)70-64-58-52-46-39-36-33-32-34-38-45-51-57-63-69-81(6)9-3)78-102-106(94,95)100-74-82(89)75-101-107(96,97)103-79-84(77-99-86(91)71-65-59-53-47-43-42-44-50-56-62-68-80(4)5)105-87(92)72-66-60-54-48-40-35-23-21-19-17-15-13-11-8-2/h80-84,89H,7-79H2,1-6H3,(H,94,95)(H,96,97)/t81?,82-,83-,84-/m1/s1. The van der Waals surface area contributed by atoms with Crippen LogP contribution in [0.15, 0.2) is 0 Å². The minimum atomic E-state index is -4.97. The van der Waals surface area contributed by atoms with Crippen LogP contribution in [0.4, 0.5) is 0 Å². The van der Waals surface area contributed by atoms with Crippen molar-refractivity contribution in [2.45, 2.75) is 490 Å². The highest BCUT2D eigenvalue weighted by atomic mass is 31.2. The van der Waals surface area contributed by atoms with Crippen LogP contribution in [0, 0.1) is 11.8 Å². The molecule has 0 aliphatic heterocycles. The van der Waals surface area contributed by atoms with Gasteiger partial charge in [0.25, 0.3) is 0 Å². The number of unbranched alkanes of at least 4 members (excludes halogenated alkanes) is 56. The van der Waals surface area contributed by atoms with Crippen LogP contribution in [-0.2, 0) is 65.4 Å². The van der Waals surface area contributed by atoms with Gasteiger partial charge in [-0.25, -0.2) is 9.13 Å². The molecule has 3 N–H and O–H groups in total. The van der Waals surface area contributed by atoms with Gasteiger partial charge in [0.15, 0.2) is 12.2 Å². The second-order valence-electron chi connectivity index (χ2n) is 32.4. The molecule has 0 rings (SSSR count). The summed E-state index contributed by atoms with van der Waals surface area (Å²) in [6.07, 6.45) is 72.1. The highest BCUT2D eigenvalue weighted by molar-refractivity contribution is 7.47. The van der Waals surface area contributed by atoms with Crippen molar-refractivity contribution >= 4 is 39.5 Å². The number of phosphoric ester groups is 2. The molecule has 6 atom stereocenters. The van der Waals surface area contributed by atoms with E-state index in [9.17, 15) is 43.2 Å². The van der Waals surface area contributed by atoms with E-state index in [0.29, 0.717) is 25.7 Å². The van der Waals surface area contributed by atoms with Crippen LogP contribution in [0.2, 0.25) is 0 Å². The molecule has 0 spiro atoms. The number of rotatable bonds is 87. The summed E-state index contributed by atoms with van der Waals surface area (Å²) >= 11 is 0. The molecule has 0 aromatic heterocycles. The number of esters is 4. The van der Waals surface area contributed by atoms with Crippen LogP contribution < -0.4 is 0 Å². The molecule has 0 saturated carbocycles. The van der Waals surface area contributed by atoms with Gasteiger partial charge in [-0.2, -0.15) is 0 Å². The Morgan fingerprint density at radius 2 is 0.477 bits per heavy atom. The topological polar surface area (TPSA) is 237 Å². The van der Waals surface area contributed by atoms with Gasteiger partial charge in [0.2, 0.25) is 0 Å². The Labute approximate surface area is 658 Å². The second kappa shape index (κ2) is 79.3. The van der Waals surface area contributed by atoms with E-state index >= 15 is 0 Å². The Morgan fingerprint density at radius 3 is 0.710 bits per heavy atom. The van der Waals surface area contributed by atoms with Gasteiger partial charge >= 0.3 is 39.5 Å². The van der Waals surface area contributed by atoms with Crippen LogP contribution in [0.5, 0.6) is 0 Å². The molecule has 0 heterocycles. The fourth-order valence-corrected chi connectivity index (χ4v) is 15.3. The van der Waals surface area contributed by atoms with Crippen LogP contribution in [0.25, 0.3) is 0 Å². The van der Waals surface area contributed by atoms with Crippen LogP contribution in [0.1, 0.15) is 472 Å². The molecular weight excluding hydrogens is 1390 g/mol. The highest BCUT2D eigenvalue weighted by Gasteiger charge is 2.31. The number of phosphoric acid groups is 2. The van der Waals surface area contributed by atoms with Crippen molar-refractivity contribution in [2.75, 3.05) is 39.6 Å². The lowest BCUT2D eigenvalue weighted by Crippen LogP contribution is -2.30. The Morgan fingerprint density at radius 1 is 0.271 bits per heavy atom. The van der Waals surface area contributed by atoms with Crippen molar-refractivity contribution in [3.8, 4) is 0 Å². The Kier molecular flexibility index (Phi) is 77.9. The fourth-order valence-electron chi connectivity index (χ4n) is 13.7. The third kappa shape index (κ3) is 80.5. The van der Waals surface area contributed by atoms with Crippen molar-refractivity contribution in [3.05, 3.63) is 0 Å². The Balaban J connectivity index is 5.25. The molecule has 107 heavy (non-hydrogen) atoms. The monoisotopic (exact) mass is 1560 g/mol. The molecule has 0 bridgehead atoms. The summed E-state index contributed by atoms with van der Waals surface area (Å²) in [6.45, 7) is 9.73. The first-order valence-corrected chi connectivity index (χ1v) is 48.5. The normalized spacial score (nSPS) is 14.0. The Hall–Kier alpha value is -1.94. The maximum Gasteiger partial charge on any atom is 0.472 e. The lowest BCUT2D eigenvalue weighted by atomic mass is 9.99. The second-order valence-corrected chi connectivity index (χ2v) is 35.3. The summed E-state index contributed by atoms with van der Waals surface area (Å²) in [7, 11) is -9.93. The van der Waals surface area contributed by atoms with Gasteiger partial charge in [-0.3, -0.25) is 37.3 Å². The molecule has 0 fully saturated rings. The van der Waals surface area contributed by atoms with Gasteiger partial charge < -0.3 is 33.8 Å². The zero-order valence-electron chi connectivity index (χ0n) is 70.5. The van der Waals surface area contributed by atoms with E-state index in [1.807, 2.05) is 0 Å². The SMILES string of the molecule is CCCCCCCCCCCCCCCCCCCCCCCCC(=O)O[C@H](COC(=O)CCCCCCCCCCCCCCCCC(C)CC)COP(=O)(O)OC[C@@H](O)COP(=O)(O)OC[C@@H](COC(=O)CCCCCCCCCCCCC(C)C)OC(=O)CCCCCCCCCCCCCCCC. The van der Waals surface area contributed by atoms with Crippen molar-refractivity contribution in [1.82, 2.24) is 0 Å². The molecule has 19 heteroatoms. The maximum absolute atomic E-state index is 13.2. The predicted molar refractivity (Wildman–Crippen MR) is 442 cm³/mol. The van der Waals surface area contributed by atoms with Crippen LogP contribution in [-0.4, -0.2) is 96.7 Å². The summed E-state index contributed by atoms with van der Waals surface area (Å²) in [4.78, 5) is 73.3. The van der Waals surface area contributed by atoms with Crippen molar-refractivity contribution in [2.24, 2.45) is 11.8 Å². The van der Waals surface area contributed by atoms with Gasteiger partial charge in [0, 0.05) is 25.7 Å². The summed E-state index contributed by atoms with van der Waals surface area (Å²) in [5.74, 6) is -0.490. The van der Waals surface area contributed by atoms with Gasteiger partial charge in [-0.1, -0.05) is 420 Å². The third-order valence-electron chi connectivity index (χ3n) is 21.1. The Bertz CT molecular complexity index is 2050. The lowest BCUT2D eigenvalue weighted by molar-refractivity contribution is -0.161. The molecule has 0 aromatic rings. The number of ether oxygens (including phenoxy) is 4. The molecule has 0 saturated heterocycles. The molecule has 636 valence electrons. The van der Waals surface area contributed by atoms with E-state index in [2.05, 4.69) is 41.5 Å². The first kappa shape index (κ1) is 105. The smallest absolute Gasteiger partial charge is 0.462 e. The number of carbonyl (C=O) groups excluding carboxylic acids is 4. The van der Waals surface area contributed by atoms with Crippen molar-refractivity contribution < 1.29 is 80.2 Å². The first-order valence-electron chi connectivity index (χ1n) is 45.5. The summed E-state index contributed by atoms with van der Waals surface area (Å²) in [5.41, 5.74) is 0. The third-order valence-corrected chi connectivity index (χ3v) is 23.0. The molecular formula is C88H172O17P2. The van der Waals surface area contributed by atoms with E-state index in [1.54, 1.807) is 0 Å². The van der Waals surface area contributed by atoms with E-state index in [0.717, 1.165) is 102 Å². The average molecular weight is 1560 g/mol. The zero-order chi connectivity index (χ0) is 78.5. The van der Waals surface area contributed by atoms with Crippen LogP contribution in [0.3, 0.4) is 0 Å². The molecule has 0 aliphatic rings. The van der Waals surface area contributed by atoms with E-state index in [1.165, 1.54) is 289 Å². The number of aliphatic hydroxyl groups is 1. The summed E-state index contributed by atoms with van der Waals surface area (Å²) < 4.78 is 69.0. The number of aliphatic hydroxyl groups excluding tert-OH is 1. The van der Waals surface area contributed by atoms with Gasteiger partial charge in [-0.15, -0.1) is 0 Å². The zero-order valence-corrected chi connectivity index (χ0v) is 72.2. The van der Waals surface area contributed by atoms with Gasteiger partial charge in [0.05, 0.1) is 26.4 Å². The highest BCUT2D eigenvalue weighted by Crippen LogP contribution is 2.45. The van der Waals surface area contributed by atoms with E-state index < -0.39 is 97.5 Å². The van der Waals surface area contributed by atoms with Crippen molar-refractivity contribution in [1.29, 1.82) is 0 Å². The number of hydrogen-bond acceptors (Lipinski definition) is 15. The summed E-state index contributed by atoms with van der Waals surface area (Å²) in [6, 6.07) is 0.